The zero-order chi connectivity index (χ0) is 25.6. The highest BCUT2D eigenvalue weighted by molar-refractivity contribution is 7.88. The van der Waals surface area contributed by atoms with Gasteiger partial charge in [-0.3, -0.25) is 0 Å². The number of nitrogens with one attached hydrogen (secondary N) is 2. The van der Waals surface area contributed by atoms with Crippen LogP contribution in [0.3, 0.4) is 0 Å². The van der Waals surface area contributed by atoms with E-state index in [0.717, 1.165) is 10.9 Å². The van der Waals surface area contributed by atoms with Crippen LogP contribution >= 0.6 is 0 Å². The average molecular weight is 526 g/mol. The van der Waals surface area contributed by atoms with E-state index in [-0.39, 0.29) is 41.4 Å². The predicted octanol–water partition coefficient (Wildman–Crippen LogP) is 3.34. The molecule has 1 atom stereocenters. The van der Waals surface area contributed by atoms with Gasteiger partial charge in [-0.05, 0) is 24.3 Å². The van der Waals surface area contributed by atoms with Crippen molar-refractivity contribution in [2.75, 3.05) is 12.9 Å². The van der Waals surface area contributed by atoms with Crippen molar-refractivity contribution in [1.82, 2.24) is 29.5 Å². The minimum atomic E-state index is -3.59. The van der Waals surface area contributed by atoms with Crippen LogP contribution in [0.15, 0.2) is 36.7 Å². The molecular formula is C21H18F4N6O4S. The highest BCUT2D eigenvalue weighted by Gasteiger charge is 2.35. The Morgan fingerprint density at radius 1 is 1.17 bits per heavy atom. The first-order valence-corrected chi connectivity index (χ1v) is 12.4. The van der Waals surface area contributed by atoms with Gasteiger partial charge in [-0.1, -0.05) is 0 Å². The van der Waals surface area contributed by atoms with Crippen molar-refractivity contribution >= 4 is 21.1 Å². The van der Waals surface area contributed by atoms with Gasteiger partial charge in [0.15, 0.2) is 0 Å². The van der Waals surface area contributed by atoms with E-state index in [1.165, 1.54) is 24.5 Å². The molecule has 5 rings (SSSR count). The molecule has 0 spiro atoms. The minimum Gasteiger partial charge on any atom is -0.476 e. The molecule has 10 nitrogen and oxygen atoms in total. The van der Waals surface area contributed by atoms with Gasteiger partial charge in [0.05, 0.1) is 30.1 Å². The fraction of sp³-hybridized carbons (Fsp3) is 0.286. The fourth-order valence-corrected chi connectivity index (χ4v) is 4.93. The Hall–Kier alpha value is -3.72. The zero-order valence-electron chi connectivity index (χ0n) is 18.5. The van der Waals surface area contributed by atoms with Crippen molar-refractivity contribution in [3.8, 4) is 34.1 Å². The van der Waals surface area contributed by atoms with Crippen LogP contribution < -0.4 is 14.2 Å². The standard InChI is InChI=1S/C21H18F4N6O4S/c1-36(32,33)30-10-8-31-20(34-9-10)14(16(29-31)17(22)23)15-13(11-4-2-6-26-18(11)28-15)12-5-3-7-27-19(12)35-21(24)25/h2-7,10,17,21,30H,8-9H2,1H3,(H,26,28)/t10-/m0/s1. The van der Waals surface area contributed by atoms with Gasteiger partial charge in [-0.2, -0.15) is 13.9 Å². The van der Waals surface area contributed by atoms with Crippen molar-refractivity contribution in [1.29, 1.82) is 0 Å². The van der Waals surface area contributed by atoms with Crippen LogP contribution in [0.2, 0.25) is 0 Å². The largest absolute Gasteiger partial charge is 0.476 e. The van der Waals surface area contributed by atoms with E-state index < -0.39 is 40.7 Å². The van der Waals surface area contributed by atoms with Crippen molar-refractivity contribution in [3.05, 3.63) is 42.4 Å². The molecule has 0 unspecified atom stereocenters. The Balaban J connectivity index is 1.73. The van der Waals surface area contributed by atoms with Crippen LogP contribution in [0.5, 0.6) is 11.8 Å². The molecule has 0 radical (unpaired) electrons. The summed E-state index contributed by atoms with van der Waals surface area (Å²) < 4.78 is 91.7. The summed E-state index contributed by atoms with van der Waals surface area (Å²) in [6.45, 7) is -3.38. The monoisotopic (exact) mass is 526 g/mol. The molecule has 5 heterocycles. The van der Waals surface area contributed by atoms with Crippen LogP contribution in [-0.4, -0.2) is 58.7 Å². The lowest BCUT2D eigenvalue weighted by atomic mass is 9.99. The molecule has 36 heavy (non-hydrogen) atoms. The summed E-state index contributed by atoms with van der Waals surface area (Å²) in [4.78, 5) is 11.1. The fourth-order valence-electron chi connectivity index (χ4n) is 4.19. The summed E-state index contributed by atoms with van der Waals surface area (Å²) in [7, 11) is -3.59. The number of aromatic nitrogens is 5. The van der Waals surface area contributed by atoms with E-state index in [0.29, 0.717) is 11.0 Å². The molecule has 15 heteroatoms. The molecule has 0 saturated carbocycles. The maximum Gasteiger partial charge on any atom is 0.388 e. The Bertz CT molecular complexity index is 1540. The second-order valence-corrected chi connectivity index (χ2v) is 9.74. The molecule has 0 fully saturated rings. The van der Waals surface area contributed by atoms with E-state index in [1.807, 2.05) is 0 Å². The van der Waals surface area contributed by atoms with E-state index in [1.54, 1.807) is 12.1 Å². The smallest absolute Gasteiger partial charge is 0.388 e. The topological polar surface area (TPSA) is 124 Å². The van der Waals surface area contributed by atoms with Gasteiger partial charge >= 0.3 is 6.61 Å². The van der Waals surface area contributed by atoms with Crippen LogP contribution in [0.25, 0.3) is 33.4 Å². The molecule has 0 saturated heterocycles. The number of alkyl halides is 4. The molecule has 4 aromatic heterocycles. The van der Waals surface area contributed by atoms with Crippen LogP contribution in [0.4, 0.5) is 17.6 Å². The lowest BCUT2D eigenvalue weighted by molar-refractivity contribution is -0.0524. The summed E-state index contributed by atoms with van der Waals surface area (Å²) in [5, 5.41) is 4.42. The summed E-state index contributed by atoms with van der Waals surface area (Å²) >= 11 is 0. The molecule has 0 bridgehead atoms. The third kappa shape index (κ3) is 4.46. The number of hydrogen-bond donors (Lipinski definition) is 2. The second kappa shape index (κ2) is 9.05. The maximum absolute atomic E-state index is 14.2. The third-order valence-electron chi connectivity index (χ3n) is 5.40. The molecule has 0 amide bonds. The first-order valence-electron chi connectivity index (χ1n) is 10.5. The number of pyridine rings is 2. The van der Waals surface area contributed by atoms with Crippen LogP contribution in [-0.2, 0) is 16.6 Å². The normalized spacial score (nSPS) is 15.9. The first-order chi connectivity index (χ1) is 17.1. The average Bonchev–Trinajstić information content (AvgIpc) is 3.36. The number of hydrogen-bond acceptors (Lipinski definition) is 7. The number of rotatable bonds is 7. The number of nitrogens with zero attached hydrogens (tertiary/aromatic N) is 4. The first kappa shape index (κ1) is 24.0. The minimum absolute atomic E-state index is 0.0372. The Kier molecular flexibility index (Phi) is 6.04. The predicted molar refractivity (Wildman–Crippen MR) is 119 cm³/mol. The lowest BCUT2D eigenvalue weighted by Gasteiger charge is -2.24. The van der Waals surface area contributed by atoms with E-state index in [2.05, 4.69) is 29.5 Å². The number of aromatic amines is 1. The summed E-state index contributed by atoms with van der Waals surface area (Å²) in [6, 6.07) is 5.47. The molecular weight excluding hydrogens is 508 g/mol. The van der Waals surface area contributed by atoms with Crippen molar-refractivity contribution in [2.45, 2.75) is 25.6 Å². The number of fused-ring (bicyclic) bond motifs is 2. The quantitative estimate of drug-likeness (QED) is 0.354. The van der Waals surface area contributed by atoms with Gasteiger partial charge in [-0.25, -0.2) is 36.6 Å². The highest BCUT2D eigenvalue weighted by atomic mass is 32.2. The summed E-state index contributed by atoms with van der Waals surface area (Å²) in [6.07, 6.45) is 0.670. The third-order valence-corrected chi connectivity index (χ3v) is 6.16. The molecule has 4 aromatic rings. The molecule has 190 valence electrons. The molecule has 1 aliphatic rings. The summed E-state index contributed by atoms with van der Waals surface area (Å²) in [5.41, 5.74) is -0.0244. The van der Waals surface area contributed by atoms with Gasteiger partial charge in [-0.15, -0.1) is 0 Å². The SMILES string of the molecule is CS(=O)(=O)N[C@@H]1COc2c(-c3[nH]c4ncccc4c3-c3cccnc3OC(F)F)c(C(F)F)nn2C1. The highest BCUT2D eigenvalue weighted by Crippen LogP contribution is 2.47. The zero-order valence-corrected chi connectivity index (χ0v) is 19.3. The van der Waals surface area contributed by atoms with Gasteiger partial charge in [0, 0.05) is 28.9 Å². The van der Waals surface area contributed by atoms with Crippen molar-refractivity contribution in [3.63, 3.8) is 0 Å². The van der Waals surface area contributed by atoms with Crippen LogP contribution in [0.1, 0.15) is 12.1 Å². The number of halogens is 4. The van der Waals surface area contributed by atoms with Crippen LogP contribution in [0, 0.1) is 0 Å². The van der Waals surface area contributed by atoms with Crippen molar-refractivity contribution in [2.24, 2.45) is 0 Å². The van der Waals surface area contributed by atoms with E-state index >= 15 is 0 Å². The van der Waals surface area contributed by atoms with Gasteiger partial charge in [0.25, 0.3) is 6.43 Å². The van der Waals surface area contributed by atoms with E-state index in [9.17, 15) is 26.0 Å². The Morgan fingerprint density at radius 3 is 2.64 bits per heavy atom. The van der Waals surface area contributed by atoms with Gasteiger partial charge in [0.1, 0.15) is 17.9 Å². The Morgan fingerprint density at radius 2 is 1.92 bits per heavy atom. The number of ether oxygens (including phenoxy) is 2. The molecule has 0 aromatic carbocycles. The molecule has 0 aliphatic carbocycles. The lowest BCUT2D eigenvalue weighted by Crippen LogP contribution is -2.44. The molecule has 1 aliphatic heterocycles. The van der Waals surface area contributed by atoms with Crippen molar-refractivity contribution < 1.29 is 35.5 Å². The number of H-pyrrole nitrogens is 1. The molecule has 2 N–H and O–H groups in total. The van der Waals surface area contributed by atoms with Gasteiger partial charge in [0.2, 0.25) is 21.8 Å². The Labute approximate surface area is 201 Å². The second-order valence-electron chi connectivity index (χ2n) is 7.96. The van der Waals surface area contributed by atoms with E-state index in [4.69, 9.17) is 4.74 Å². The summed E-state index contributed by atoms with van der Waals surface area (Å²) in [5.74, 6) is -0.443. The van der Waals surface area contributed by atoms with Gasteiger partial charge < -0.3 is 14.5 Å². The maximum atomic E-state index is 14.2. The number of sulfonamides is 1.